The SMILES string of the molecule is COC(=O)c1ccc2c(c1)N1O[C@H](CN(C)C)C[C@H]1c1ccccc1O2. The lowest BCUT2D eigenvalue weighted by Crippen LogP contribution is -2.27. The van der Waals surface area contributed by atoms with Crippen LogP contribution in [0.2, 0.25) is 0 Å². The number of likely N-dealkylation sites (N-methyl/N-ethyl adjacent to an activating group) is 1. The number of nitrogens with zero attached hydrogens (tertiary/aromatic N) is 2. The van der Waals surface area contributed by atoms with Crippen molar-refractivity contribution < 1.29 is 19.1 Å². The van der Waals surface area contributed by atoms with Gasteiger partial charge in [0.1, 0.15) is 17.5 Å². The van der Waals surface area contributed by atoms with E-state index in [1.54, 1.807) is 18.2 Å². The normalized spacial score (nSPS) is 20.7. The number of carbonyl (C=O) groups is 1. The van der Waals surface area contributed by atoms with Gasteiger partial charge in [-0.15, -0.1) is 0 Å². The van der Waals surface area contributed by atoms with Crippen LogP contribution in [0.4, 0.5) is 5.69 Å². The van der Waals surface area contributed by atoms with E-state index >= 15 is 0 Å². The van der Waals surface area contributed by atoms with Crippen LogP contribution in [0.1, 0.15) is 28.4 Å². The van der Waals surface area contributed by atoms with Gasteiger partial charge in [-0.05, 0) is 38.4 Å². The maximum atomic E-state index is 12.0. The van der Waals surface area contributed by atoms with Crippen molar-refractivity contribution in [1.29, 1.82) is 0 Å². The molecule has 0 bridgehead atoms. The molecule has 6 heteroatoms. The second kappa shape index (κ2) is 6.63. The van der Waals surface area contributed by atoms with Crippen LogP contribution >= 0.6 is 0 Å². The highest BCUT2D eigenvalue weighted by Gasteiger charge is 2.40. The third-order valence-corrected chi connectivity index (χ3v) is 4.72. The molecule has 0 radical (unpaired) electrons. The molecule has 4 rings (SSSR count). The molecule has 1 saturated heterocycles. The van der Waals surface area contributed by atoms with Crippen molar-refractivity contribution in [3.05, 3.63) is 53.6 Å². The van der Waals surface area contributed by atoms with Gasteiger partial charge in [0.2, 0.25) is 0 Å². The minimum absolute atomic E-state index is 0.0327. The Hall–Kier alpha value is -2.57. The molecule has 2 aromatic carbocycles. The van der Waals surface area contributed by atoms with Gasteiger partial charge in [0.15, 0.2) is 5.75 Å². The second-order valence-corrected chi connectivity index (χ2v) is 6.88. The van der Waals surface area contributed by atoms with Crippen LogP contribution < -0.4 is 9.80 Å². The third-order valence-electron chi connectivity index (χ3n) is 4.72. The summed E-state index contributed by atoms with van der Waals surface area (Å²) in [6.07, 6.45) is 0.913. The molecule has 0 saturated carbocycles. The number of hydrogen-bond acceptors (Lipinski definition) is 6. The highest BCUT2D eigenvalue weighted by atomic mass is 16.7. The number of hydroxylamine groups is 1. The Bertz CT molecular complexity index is 836. The van der Waals surface area contributed by atoms with E-state index in [0.717, 1.165) is 30.0 Å². The summed E-state index contributed by atoms with van der Waals surface area (Å²) in [5, 5.41) is 1.89. The first kappa shape index (κ1) is 16.9. The van der Waals surface area contributed by atoms with Gasteiger partial charge in [-0.2, -0.15) is 0 Å². The smallest absolute Gasteiger partial charge is 0.337 e. The molecule has 2 aliphatic rings. The van der Waals surface area contributed by atoms with Gasteiger partial charge in [-0.25, -0.2) is 9.86 Å². The highest BCUT2D eigenvalue weighted by Crippen LogP contribution is 2.49. The molecule has 0 unspecified atom stereocenters. The predicted molar refractivity (Wildman–Crippen MR) is 97.6 cm³/mol. The zero-order chi connectivity index (χ0) is 18.3. The summed E-state index contributed by atoms with van der Waals surface area (Å²) >= 11 is 0. The van der Waals surface area contributed by atoms with E-state index in [4.69, 9.17) is 14.3 Å². The molecule has 2 heterocycles. The Kier molecular flexibility index (Phi) is 4.30. The quantitative estimate of drug-likeness (QED) is 0.788. The number of ether oxygens (including phenoxy) is 2. The molecule has 0 aromatic heterocycles. The Labute approximate surface area is 152 Å². The number of anilines is 1. The maximum Gasteiger partial charge on any atom is 0.337 e. The Morgan fingerprint density at radius 2 is 2.04 bits per heavy atom. The van der Waals surface area contributed by atoms with E-state index < -0.39 is 0 Å². The van der Waals surface area contributed by atoms with E-state index in [2.05, 4.69) is 11.0 Å². The lowest BCUT2D eigenvalue weighted by atomic mass is 10.0. The molecule has 6 nitrogen and oxygen atoms in total. The molecular formula is C20H22N2O4. The summed E-state index contributed by atoms with van der Waals surface area (Å²) in [5.41, 5.74) is 2.30. The average molecular weight is 354 g/mol. The summed E-state index contributed by atoms with van der Waals surface area (Å²) in [5.74, 6) is 1.11. The van der Waals surface area contributed by atoms with Crippen LogP contribution in [-0.2, 0) is 9.57 Å². The minimum atomic E-state index is -0.379. The fourth-order valence-corrected chi connectivity index (χ4v) is 3.60. The number of benzene rings is 2. The number of rotatable bonds is 3. The number of carbonyl (C=O) groups excluding carboxylic acids is 1. The second-order valence-electron chi connectivity index (χ2n) is 6.88. The molecular weight excluding hydrogens is 332 g/mol. The minimum Gasteiger partial charge on any atom is -0.465 e. The Morgan fingerprint density at radius 1 is 1.23 bits per heavy atom. The summed E-state index contributed by atoms with van der Waals surface area (Å²) in [4.78, 5) is 20.4. The molecule has 0 N–H and O–H groups in total. The average Bonchev–Trinajstić information content (AvgIpc) is 2.99. The number of para-hydroxylation sites is 1. The molecule has 1 fully saturated rings. The topological polar surface area (TPSA) is 51.2 Å². The molecule has 2 atom stereocenters. The number of methoxy groups -OCH3 is 1. The first-order valence-electron chi connectivity index (χ1n) is 8.66. The fourth-order valence-electron chi connectivity index (χ4n) is 3.60. The van der Waals surface area contributed by atoms with Crippen molar-refractivity contribution in [2.45, 2.75) is 18.6 Å². The van der Waals surface area contributed by atoms with Crippen LogP contribution in [0.15, 0.2) is 42.5 Å². The van der Waals surface area contributed by atoms with Gasteiger partial charge >= 0.3 is 5.97 Å². The van der Waals surface area contributed by atoms with Crippen molar-refractivity contribution in [2.24, 2.45) is 0 Å². The van der Waals surface area contributed by atoms with Crippen LogP contribution in [0.25, 0.3) is 0 Å². The van der Waals surface area contributed by atoms with E-state index in [1.165, 1.54) is 7.11 Å². The zero-order valence-corrected chi connectivity index (χ0v) is 15.1. The van der Waals surface area contributed by atoms with Crippen molar-refractivity contribution in [1.82, 2.24) is 4.90 Å². The monoisotopic (exact) mass is 354 g/mol. The van der Waals surface area contributed by atoms with E-state index in [9.17, 15) is 4.79 Å². The summed E-state index contributed by atoms with van der Waals surface area (Å²) in [6, 6.07) is 13.3. The lowest BCUT2D eigenvalue weighted by molar-refractivity contribution is 0.0598. The lowest BCUT2D eigenvalue weighted by Gasteiger charge is -2.24. The van der Waals surface area contributed by atoms with Crippen molar-refractivity contribution in [3.8, 4) is 11.5 Å². The van der Waals surface area contributed by atoms with Gasteiger partial charge < -0.3 is 14.4 Å². The van der Waals surface area contributed by atoms with Gasteiger partial charge in [0, 0.05) is 18.5 Å². The maximum absolute atomic E-state index is 12.0. The third kappa shape index (κ3) is 2.91. The van der Waals surface area contributed by atoms with Crippen molar-refractivity contribution in [2.75, 3.05) is 32.8 Å². The molecule has 2 aromatic rings. The largest absolute Gasteiger partial charge is 0.465 e. The Morgan fingerprint density at radius 3 is 2.81 bits per heavy atom. The van der Waals surface area contributed by atoms with Crippen LogP contribution in [-0.4, -0.2) is 44.7 Å². The van der Waals surface area contributed by atoms with Gasteiger partial charge in [0.05, 0.1) is 18.7 Å². The number of esters is 1. The number of hydrogen-bond donors (Lipinski definition) is 0. The highest BCUT2D eigenvalue weighted by molar-refractivity contribution is 5.91. The molecule has 26 heavy (non-hydrogen) atoms. The van der Waals surface area contributed by atoms with Crippen molar-refractivity contribution >= 4 is 11.7 Å². The Balaban J connectivity index is 1.80. The first-order chi connectivity index (χ1) is 12.6. The fraction of sp³-hybridized carbons (Fsp3) is 0.350. The van der Waals surface area contributed by atoms with E-state index in [-0.39, 0.29) is 18.1 Å². The summed E-state index contributed by atoms with van der Waals surface area (Å²) in [7, 11) is 5.45. The molecule has 0 amide bonds. The predicted octanol–water partition coefficient (Wildman–Crippen LogP) is 3.39. The standard InChI is InChI=1S/C20H22N2O4/c1-21(2)12-14-11-16-15-6-4-5-7-18(15)25-19-9-8-13(20(23)24-3)10-17(19)22(16)26-14/h4-10,14,16H,11-12H2,1-3H3/t14-,16-/m0/s1. The molecule has 2 aliphatic heterocycles. The summed E-state index contributed by atoms with van der Waals surface area (Å²) in [6.45, 7) is 0.821. The van der Waals surface area contributed by atoms with Gasteiger partial charge in [-0.3, -0.25) is 4.84 Å². The van der Waals surface area contributed by atoms with Gasteiger partial charge in [-0.1, -0.05) is 18.2 Å². The number of fused-ring (bicyclic) bond motifs is 5. The van der Waals surface area contributed by atoms with Gasteiger partial charge in [0.25, 0.3) is 0 Å². The molecule has 136 valence electrons. The zero-order valence-electron chi connectivity index (χ0n) is 15.1. The van der Waals surface area contributed by atoms with E-state index in [1.807, 2.05) is 37.4 Å². The first-order valence-corrected chi connectivity index (χ1v) is 8.66. The van der Waals surface area contributed by atoms with E-state index in [0.29, 0.717) is 11.3 Å². The van der Waals surface area contributed by atoms with Crippen LogP contribution in [0.5, 0.6) is 11.5 Å². The van der Waals surface area contributed by atoms with Crippen LogP contribution in [0, 0.1) is 0 Å². The van der Waals surface area contributed by atoms with Crippen molar-refractivity contribution in [3.63, 3.8) is 0 Å². The molecule has 0 spiro atoms. The molecule has 0 aliphatic carbocycles. The van der Waals surface area contributed by atoms with Crippen LogP contribution in [0.3, 0.4) is 0 Å². The summed E-state index contributed by atoms with van der Waals surface area (Å²) < 4.78 is 11.0.